The highest BCUT2D eigenvalue weighted by molar-refractivity contribution is 5.82. The number of hydrogen-bond donors (Lipinski definition) is 1. The molecule has 0 radical (unpaired) electrons. The van der Waals surface area contributed by atoms with Gasteiger partial charge in [-0.2, -0.15) is 0 Å². The molecule has 0 bridgehead atoms. The molecule has 3 rings (SSSR count). The van der Waals surface area contributed by atoms with Crippen molar-refractivity contribution in [2.75, 3.05) is 39.9 Å². The van der Waals surface area contributed by atoms with Gasteiger partial charge >= 0.3 is 0 Å². The Hall–Kier alpha value is -1.43. The maximum absolute atomic E-state index is 13.4. The zero-order valence-corrected chi connectivity index (χ0v) is 16.2. The van der Waals surface area contributed by atoms with E-state index in [0.717, 1.165) is 45.3 Å². The maximum Gasteiger partial charge on any atom is 0.240 e. The molecule has 26 heavy (non-hydrogen) atoms. The molecule has 2 heterocycles. The average Bonchev–Trinajstić information content (AvgIpc) is 3.16. The Labute approximate surface area is 157 Å². The molecule has 0 spiro atoms. The fourth-order valence-corrected chi connectivity index (χ4v) is 4.30. The molecule has 5 nitrogen and oxygen atoms in total. The third kappa shape index (κ3) is 4.64. The van der Waals surface area contributed by atoms with Crippen LogP contribution in [0.25, 0.3) is 0 Å². The van der Waals surface area contributed by atoms with Crippen molar-refractivity contribution in [1.29, 1.82) is 0 Å². The summed E-state index contributed by atoms with van der Waals surface area (Å²) in [4.78, 5) is 17.9. The number of amides is 1. The minimum Gasteiger partial charge on any atom is -0.383 e. The number of ether oxygens (including phenoxy) is 1. The first-order chi connectivity index (χ1) is 12.7. The number of nitrogens with zero attached hydrogens (tertiary/aromatic N) is 2. The number of nitrogens with one attached hydrogen (secondary N) is 1. The van der Waals surface area contributed by atoms with E-state index in [9.17, 15) is 4.79 Å². The van der Waals surface area contributed by atoms with Gasteiger partial charge in [0.2, 0.25) is 5.91 Å². The molecule has 1 atom stereocenters. The summed E-state index contributed by atoms with van der Waals surface area (Å²) >= 11 is 0. The lowest BCUT2D eigenvalue weighted by Gasteiger charge is -2.37. The monoisotopic (exact) mass is 359 g/mol. The summed E-state index contributed by atoms with van der Waals surface area (Å²) in [5.74, 6) is 0.279. The second kappa shape index (κ2) is 9.49. The maximum atomic E-state index is 13.4. The highest BCUT2D eigenvalue weighted by Gasteiger charge is 2.37. The summed E-state index contributed by atoms with van der Waals surface area (Å²) in [6.07, 6.45) is 4.42. The number of likely N-dealkylation sites (tertiary alicyclic amines) is 1. The number of hydrogen-bond acceptors (Lipinski definition) is 4. The summed E-state index contributed by atoms with van der Waals surface area (Å²) < 4.78 is 5.28. The van der Waals surface area contributed by atoms with Crippen LogP contribution >= 0.6 is 0 Å². The second-order valence-electron chi connectivity index (χ2n) is 7.56. The van der Waals surface area contributed by atoms with Crippen molar-refractivity contribution < 1.29 is 9.53 Å². The highest BCUT2D eigenvalue weighted by atomic mass is 16.5. The van der Waals surface area contributed by atoms with Crippen LogP contribution in [-0.2, 0) is 16.1 Å². The van der Waals surface area contributed by atoms with Gasteiger partial charge in [-0.3, -0.25) is 9.69 Å². The molecule has 5 heteroatoms. The number of carbonyl (C=O) groups is 1. The molecule has 2 saturated heterocycles. The first kappa shape index (κ1) is 19.3. The van der Waals surface area contributed by atoms with E-state index in [1.54, 1.807) is 7.11 Å². The third-order valence-electron chi connectivity index (χ3n) is 5.86. The fraction of sp³-hybridized carbons (Fsp3) is 0.667. The minimum atomic E-state index is 0.0407. The van der Waals surface area contributed by atoms with E-state index in [1.807, 2.05) is 4.90 Å². The molecule has 144 valence electrons. The van der Waals surface area contributed by atoms with Crippen LogP contribution < -0.4 is 5.32 Å². The Morgan fingerprint density at radius 1 is 1.27 bits per heavy atom. The standard InChI is InChI=1S/C21H33N3O2/c1-17-6-3-4-7-18(17)16-23(14-15-26-2)21(25)20-8-5-13-24(20)19-9-11-22-12-10-19/h3-4,6-7,19-20,22H,5,8-16H2,1-2H3/t20-/m0/s1. The van der Waals surface area contributed by atoms with Gasteiger partial charge in [0.1, 0.15) is 0 Å². The lowest BCUT2D eigenvalue weighted by Crippen LogP contribution is -2.52. The molecule has 2 aliphatic rings. The summed E-state index contributed by atoms with van der Waals surface area (Å²) in [6.45, 7) is 7.22. The van der Waals surface area contributed by atoms with E-state index in [1.165, 1.54) is 11.1 Å². The fourth-order valence-electron chi connectivity index (χ4n) is 4.30. The van der Waals surface area contributed by atoms with Crippen LogP contribution in [0.2, 0.25) is 0 Å². The van der Waals surface area contributed by atoms with Gasteiger partial charge < -0.3 is 15.0 Å². The van der Waals surface area contributed by atoms with Crippen molar-refractivity contribution in [1.82, 2.24) is 15.1 Å². The van der Waals surface area contributed by atoms with E-state index in [-0.39, 0.29) is 11.9 Å². The zero-order chi connectivity index (χ0) is 18.4. The van der Waals surface area contributed by atoms with E-state index in [4.69, 9.17) is 4.74 Å². The Morgan fingerprint density at radius 2 is 2.04 bits per heavy atom. The van der Waals surface area contributed by atoms with Gasteiger partial charge in [0.25, 0.3) is 0 Å². The lowest BCUT2D eigenvalue weighted by molar-refractivity contribution is -0.138. The van der Waals surface area contributed by atoms with E-state index in [0.29, 0.717) is 25.7 Å². The molecule has 0 unspecified atom stereocenters. The predicted octanol–water partition coefficient (Wildman–Crippen LogP) is 2.19. The second-order valence-corrected chi connectivity index (χ2v) is 7.56. The van der Waals surface area contributed by atoms with Crippen LogP contribution in [-0.4, -0.2) is 67.7 Å². The summed E-state index contributed by atoms with van der Waals surface area (Å²) in [5, 5.41) is 3.43. The molecule has 1 aromatic carbocycles. The van der Waals surface area contributed by atoms with E-state index >= 15 is 0 Å². The van der Waals surface area contributed by atoms with Crippen molar-refractivity contribution in [3.05, 3.63) is 35.4 Å². The summed E-state index contributed by atoms with van der Waals surface area (Å²) in [5.41, 5.74) is 2.47. The van der Waals surface area contributed by atoms with Crippen molar-refractivity contribution in [3.63, 3.8) is 0 Å². The molecule has 0 aromatic heterocycles. The van der Waals surface area contributed by atoms with Gasteiger partial charge in [-0.05, 0) is 63.4 Å². The van der Waals surface area contributed by atoms with Crippen LogP contribution in [0.15, 0.2) is 24.3 Å². The molecule has 1 N–H and O–H groups in total. The van der Waals surface area contributed by atoms with Gasteiger partial charge in [-0.15, -0.1) is 0 Å². The number of aryl methyl sites for hydroxylation is 1. The molecule has 1 amide bonds. The van der Waals surface area contributed by atoms with Crippen LogP contribution in [0.3, 0.4) is 0 Å². The van der Waals surface area contributed by atoms with Crippen molar-refractivity contribution in [2.24, 2.45) is 0 Å². The Bertz CT molecular complexity index is 586. The lowest BCUT2D eigenvalue weighted by atomic mass is 10.0. The smallest absolute Gasteiger partial charge is 0.240 e. The number of rotatable bonds is 7. The highest BCUT2D eigenvalue weighted by Crippen LogP contribution is 2.26. The Balaban J connectivity index is 1.72. The number of methoxy groups -OCH3 is 1. The number of benzene rings is 1. The number of piperidine rings is 1. The van der Waals surface area contributed by atoms with Gasteiger partial charge in [-0.1, -0.05) is 24.3 Å². The predicted molar refractivity (Wildman–Crippen MR) is 104 cm³/mol. The molecule has 0 saturated carbocycles. The van der Waals surface area contributed by atoms with Gasteiger partial charge in [-0.25, -0.2) is 0 Å². The van der Waals surface area contributed by atoms with E-state index in [2.05, 4.69) is 41.4 Å². The van der Waals surface area contributed by atoms with Crippen molar-refractivity contribution in [3.8, 4) is 0 Å². The Kier molecular flexibility index (Phi) is 7.06. The first-order valence-electron chi connectivity index (χ1n) is 9.99. The zero-order valence-electron chi connectivity index (χ0n) is 16.2. The molecule has 2 fully saturated rings. The van der Waals surface area contributed by atoms with Crippen LogP contribution in [0.1, 0.15) is 36.8 Å². The quantitative estimate of drug-likeness (QED) is 0.811. The summed E-state index contributed by atoms with van der Waals surface area (Å²) in [7, 11) is 1.70. The largest absolute Gasteiger partial charge is 0.383 e. The molecular formula is C21H33N3O2. The molecule has 2 aliphatic heterocycles. The average molecular weight is 360 g/mol. The van der Waals surface area contributed by atoms with E-state index < -0.39 is 0 Å². The van der Waals surface area contributed by atoms with Crippen molar-refractivity contribution in [2.45, 2.75) is 51.2 Å². The van der Waals surface area contributed by atoms with Gasteiger partial charge in [0, 0.05) is 26.2 Å². The molecule has 0 aliphatic carbocycles. The van der Waals surface area contributed by atoms with Gasteiger partial charge in [0.05, 0.1) is 12.6 Å². The molecular weight excluding hydrogens is 326 g/mol. The Morgan fingerprint density at radius 3 is 2.77 bits per heavy atom. The minimum absolute atomic E-state index is 0.0407. The topological polar surface area (TPSA) is 44.8 Å². The molecule has 1 aromatic rings. The first-order valence-corrected chi connectivity index (χ1v) is 9.99. The third-order valence-corrected chi connectivity index (χ3v) is 5.86. The van der Waals surface area contributed by atoms with Crippen LogP contribution in [0.4, 0.5) is 0 Å². The number of carbonyl (C=O) groups excluding carboxylic acids is 1. The SMILES string of the molecule is COCCN(Cc1ccccc1C)C(=O)[C@@H]1CCCN1C1CCNCC1. The normalized spacial score (nSPS) is 21.8. The van der Waals surface area contributed by atoms with Crippen LogP contribution in [0, 0.1) is 6.92 Å². The van der Waals surface area contributed by atoms with Crippen LogP contribution in [0.5, 0.6) is 0 Å². The van der Waals surface area contributed by atoms with Crippen molar-refractivity contribution >= 4 is 5.91 Å². The summed E-state index contributed by atoms with van der Waals surface area (Å²) in [6, 6.07) is 8.94. The van der Waals surface area contributed by atoms with Gasteiger partial charge in [0.15, 0.2) is 0 Å².